The Morgan fingerprint density at radius 2 is 2.07 bits per heavy atom. The van der Waals surface area contributed by atoms with Crippen LogP contribution in [0.2, 0.25) is 0 Å². The molecule has 1 aliphatic heterocycles. The second-order valence-corrected chi connectivity index (χ2v) is 4.57. The van der Waals surface area contributed by atoms with Gasteiger partial charge in [0.05, 0.1) is 4.99 Å². The highest BCUT2D eigenvalue weighted by Gasteiger charge is 2.08. The maximum atomic E-state index is 5.21. The zero-order valence-electron chi connectivity index (χ0n) is 9.50. The van der Waals surface area contributed by atoms with Crippen LogP contribution in [-0.4, -0.2) is 36.1 Å². The Kier molecular flexibility index (Phi) is 6.60. The van der Waals surface area contributed by atoms with E-state index in [4.69, 9.17) is 12.2 Å². The minimum absolute atomic E-state index is 0.943. The lowest BCUT2D eigenvalue weighted by atomic mass is 10.1. The predicted octanol–water partition coefficient (Wildman–Crippen LogP) is 2.36. The monoisotopic (exact) mass is 226 g/mol. The fourth-order valence-corrected chi connectivity index (χ4v) is 2.08. The molecule has 0 saturated carbocycles. The second-order valence-electron chi connectivity index (χ2n) is 4.08. The molecule has 1 heterocycles. The maximum absolute atomic E-state index is 5.21. The standard InChI is InChI=1S/C12H22N2S/c1-2-3-7-12(15)13-8-11-14-9-5-4-6-10-14/h2H,1,3-11H2,(H,13,15). The van der Waals surface area contributed by atoms with Crippen LogP contribution in [0.4, 0.5) is 0 Å². The molecule has 0 atom stereocenters. The summed E-state index contributed by atoms with van der Waals surface area (Å²) in [7, 11) is 0. The first kappa shape index (κ1) is 12.7. The van der Waals surface area contributed by atoms with Gasteiger partial charge in [-0.3, -0.25) is 0 Å². The lowest BCUT2D eigenvalue weighted by Gasteiger charge is -2.26. The van der Waals surface area contributed by atoms with Crippen molar-refractivity contribution in [2.24, 2.45) is 0 Å². The smallest absolute Gasteiger partial charge is 0.0756 e. The van der Waals surface area contributed by atoms with Crippen LogP contribution in [0.25, 0.3) is 0 Å². The van der Waals surface area contributed by atoms with Gasteiger partial charge in [-0.2, -0.15) is 0 Å². The van der Waals surface area contributed by atoms with Crippen LogP contribution < -0.4 is 5.32 Å². The highest BCUT2D eigenvalue weighted by atomic mass is 32.1. The molecule has 0 unspecified atom stereocenters. The van der Waals surface area contributed by atoms with Gasteiger partial charge in [-0.05, 0) is 32.4 Å². The molecular weight excluding hydrogens is 204 g/mol. The Bertz CT molecular complexity index is 198. The molecule has 0 amide bonds. The van der Waals surface area contributed by atoms with E-state index in [2.05, 4.69) is 16.8 Å². The third-order valence-corrected chi connectivity index (χ3v) is 3.12. The molecule has 3 heteroatoms. The van der Waals surface area contributed by atoms with Crippen molar-refractivity contribution in [3.05, 3.63) is 12.7 Å². The third-order valence-electron chi connectivity index (χ3n) is 2.77. The SMILES string of the molecule is C=CCCC(=S)NCCN1CCCCC1. The van der Waals surface area contributed by atoms with Crippen molar-refractivity contribution in [1.29, 1.82) is 0 Å². The van der Waals surface area contributed by atoms with E-state index in [0.717, 1.165) is 30.9 Å². The Hall–Kier alpha value is -0.410. The summed E-state index contributed by atoms with van der Waals surface area (Å²) in [6.45, 7) is 8.35. The zero-order chi connectivity index (χ0) is 10.9. The summed E-state index contributed by atoms with van der Waals surface area (Å²) in [5.74, 6) is 0. The van der Waals surface area contributed by atoms with E-state index >= 15 is 0 Å². The maximum Gasteiger partial charge on any atom is 0.0756 e. The molecule has 1 rings (SSSR count). The minimum Gasteiger partial charge on any atom is -0.378 e. The highest BCUT2D eigenvalue weighted by Crippen LogP contribution is 2.07. The molecule has 1 aliphatic rings. The molecule has 0 aliphatic carbocycles. The molecule has 0 aromatic heterocycles. The summed E-state index contributed by atoms with van der Waals surface area (Å²) in [6.07, 6.45) is 7.97. The Morgan fingerprint density at radius 1 is 1.33 bits per heavy atom. The molecule has 0 aromatic rings. The molecular formula is C12H22N2S. The van der Waals surface area contributed by atoms with Crippen LogP contribution in [0.1, 0.15) is 32.1 Å². The lowest BCUT2D eigenvalue weighted by molar-refractivity contribution is 0.232. The first-order chi connectivity index (χ1) is 7.33. The van der Waals surface area contributed by atoms with Crippen molar-refractivity contribution in [3.63, 3.8) is 0 Å². The van der Waals surface area contributed by atoms with E-state index < -0.39 is 0 Å². The van der Waals surface area contributed by atoms with Crippen molar-refractivity contribution >= 4 is 17.2 Å². The Balaban J connectivity index is 1.99. The van der Waals surface area contributed by atoms with Gasteiger partial charge in [-0.15, -0.1) is 6.58 Å². The molecule has 0 spiro atoms. The van der Waals surface area contributed by atoms with Gasteiger partial charge < -0.3 is 10.2 Å². The van der Waals surface area contributed by atoms with Crippen LogP contribution in [0.5, 0.6) is 0 Å². The van der Waals surface area contributed by atoms with Gasteiger partial charge in [0, 0.05) is 19.5 Å². The lowest BCUT2D eigenvalue weighted by Crippen LogP contribution is -2.37. The summed E-state index contributed by atoms with van der Waals surface area (Å²) >= 11 is 5.21. The molecule has 2 nitrogen and oxygen atoms in total. The summed E-state index contributed by atoms with van der Waals surface area (Å²) < 4.78 is 0. The van der Waals surface area contributed by atoms with Crippen LogP contribution in [0.3, 0.4) is 0 Å². The molecule has 1 N–H and O–H groups in total. The second kappa shape index (κ2) is 7.83. The molecule has 86 valence electrons. The fourth-order valence-electron chi connectivity index (χ4n) is 1.86. The number of thiocarbonyl (C=S) groups is 1. The van der Waals surface area contributed by atoms with Gasteiger partial charge in [0.1, 0.15) is 0 Å². The van der Waals surface area contributed by atoms with Gasteiger partial charge in [-0.25, -0.2) is 0 Å². The first-order valence-electron chi connectivity index (χ1n) is 5.93. The van der Waals surface area contributed by atoms with Crippen LogP contribution in [0.15, 0.2) is 12.7 Å². The van der Waals surface area contributed by atoms with Gasteiger partial charge >= 0.3 is 0 Å². The number of nitrogens with one attached hydrogen (secondary N) is 1. The van der Waals surface area contributed by atoms with Gasteiger partial charge in [0.2, 0.25) is 0 Å². The highest BCUT2D eigenvalue weighted by molar-refractivity contribution is 7.80. The van der Waals surface area contributed by atoms with E-state index in [0.29, 0.717) is 0 Å². The number of allylic oxidation sites excluding steroid dienone is 1. The average molecular weight is 226 g/mol. The van der Waals surface area contributed by atoms with E-state index in [1.54, 1.807) is 0 Å². The normalized spacial score (nSPS) is 17.3. The van der Waals surface area contributed by atoms with Crippen LogP contribution in [-0.2, 0) is 0 Å². The summed E-state index contributed by atoms with van der Waals surface area (Å²) in [5, 5.41) is 3.31. The van der Waals surface area contributed by atoms with Gasteiger partial charge in [-0.1, -0.05) is 24.7 Å². The molecule has 1 saturated heterocycles. The van der Waals surface area contributed by atoms with Crippen molar-refractivity contribution in [2.45, 2.75) is 32.1 Å². The number of nitrogens with zero attached hydrogens (tertiary/aromatic N) is 1. The Labute approximate surface area is 98.7 Å². The molecule has 0 radical (unpaired) electrons. The Morgan fingerprint density at radius 3 is 2.73 bits per heavy atom. The number of hydrogen-bond acceptors (Lipinski definition) is 2. The van der Waals surface area contributed by atoms with Gasteiger partial charge in [0.25, 0.3) is 0 Å². The fraction of sp³-hybridized carbons (Fsp3) is 0.750. The topological polar surface area (TPSA) is 15.3 Å². The van der Waals surface area contributed by atoms with Crippen molar-refractivity contribution in [1.82, 2.24) is 10.2 Å². The van der Waals surface area contributed by atoms with Crippen molar-refractivity contribution in [3.8, 4) is 0 Å². The molecule has 15 heavy (non-hydrogen) atoms. The van der Waals surface area contributed by atoms with E-state index in [-0.39, 0.29) is 0 Å². The summed E-state index contributed by atoms with van der Waals surface area (Å²) in [5.41, 5.74) is 0. The van der Waals surface area contributed by atoms with E-state index in [9.17, 15) is 0 Å². The van der Waals surface area contributed by atoms with E-state index in [1.165, 1.54) is 32.4 Å². The first-order valence-corrected chi connectivity index (χ1v) is 6.33. The van der Waals surface area contributed by atoms with Crippen LogP contribution >= 0.6 is 12.2 Å². The zero-order valence-corrected chi connectivity index (χ0v) is 10.3. The van der Waals surface area contributed by atoms with Crippen molar-refractivity contribution in [2.75, 3.05) is 26.2 Å². The third kappa shape index (κ3) is 5.90. The number of piperidine rings is 1. The summed E-state index contributed by atoms with van der Waals surface area (Å²) in [6, 6.07) is 0. The molecule has 1 fully saturated rings. The molecule has 0 bridgehead atoms. The number of likely N-dealkylation sites (tertiary alicyclic amines) is 1. The van der Waals surface area contributed by atoms with Gasteiger partial charge in [0.15, 0.2) is 0 Å². The van der Waals surface area contributed by atoms with Crippen LogP contribution in [0, 0.1) is 0 Å². The largest absolute Gasteiger partial charge is 0.378 e. The van der Waals surface area contributed by atoms with E-state index in [1.807, 2.05) is 6.08 Å². The summed E-state index contributed by atoms with van der Waals surface area (Å²) in [4.78, 5) is 3.50. The number of rotatable bonds is 6. The quantitative estimate of drug-likeness (QED) is 0.553. The number of hydrogen-bond donors (Lipinski definition) is 1. The average Bonchev–Trinajstić information content (AvgIpc) is 2.28. The minimum atomic E-state index is 0.943. The molecule has 0 aromatic carbocycles. The van der Waals surface area contributed by atoms with Crippen molar-refractivity contribution < 1.29 is 0 Å². The predicted molar refractivity (Wildman–Crippen MR) is 70.3 cm³/mol.